The number of hydrogen-bond donors (Lipinski definition) is 6. The summed E-state index contributed by atoms with van der Waals surface area (Å²) in [4.78, 5) is 0. The SMILES string of the molecule is COC1(C)CC(O)CC(C)(C)C1(O)C=CC(C)OC1OC(CO)C(O)C(O)C1O. The Labute approximate surface area is 171 Å². The lowest BCUT2D eigenvalue weighted by Crippen LogP contribution is -2.65. The molecule has 1 saturated heterocycles. The summed E-state index contributed by atoms with van der Waals surface area (Å²) < 4.78 is 16.6. The van der Waals surface area contributed by atoms with Gasteiger partial charge in [0.1, 0.15) is 35.6 Å². The Morgan fingerprint density at radius 1 is 1.07 bits per heavy atom. The van der Waals surface area contributed by atoms with Gasteiger partial charge in [0.25, 0.3) is 0 Å². The summed E-state index contributed by atoms with van der Waals surface area (Å²) in [7, 11) is 1.49. The van der Waals surface area contributed by atoms with Crippen LogP contribution in [0.5, 0.6) is 0 Å². The van der Waals surface area contributed by atoms with Crippen molar-refractivity contribution in [3.05, 3.63) is 12.2 Å². The van der Waals surface area contributed by atoms with Gasteiger partial charge in [0.2, 0.25) is 0 Å². The maximum atomic E-state index is 11.5. The highest BCUT2D eigenvalue weighted by Crippen LogP contribution is 2.51. The fraction of sp³-hybridized carbons (Fsp3) is 0.900. The first-order valence-electron chi connectivity index (χ1n) is 9.93. The molecule has 1 aliphatic carbocycles. The first-order valence-corrected chi connectivity index (χ1v) is 9.93. The minimum atomic E-state index is -1.53. The Bertz CT molecular complexity index is 580. The minimum absolute atomic E-state index is 0.260. The summed E-state index contributed by atoms with van der Waals surface area (Å²) in [5.74, 6) is 0. The van der Waals surface area contributed by atoms with Crippen LogP contribution in [0.15, 0.2) is 12.2 Å². The van der Waals surface area contributed by atoms with E-state index >= 15 is 0 Å². The number of aliphatic hydroxyl groups is 6. The van der Waals surface area contributed by atoms with Crippen LogP contribution in [0.25, 0.3) is 0 Å². The van der Waals surface area contributed by atoms with Gasteiger partial charge < -0.3 is 44.8 Å². The number of aliphatic hydroxyl groups excluding tert-OH is 5. The molecule has 9 atom stereocenters. The molecule has 6 N–H and O–H groups in total. The molecule has 9 unspecified atom stereocenters. The van der Waals surface area contributed by atoms with E-state index < -0.39 is 66.1 Å². The molecule has 170 valence electrons. The van der Waals surface area contributed by atoms with Crippen molar-refractivity contribution >= 4 is 0 Å². The van der Waals surface area contributed by atoms with E-state index in [1.165, 1.54) is 7.11 Å². The number of rotatable bonds is 6. The van der Waals surface area contributed by atoms with Crippen molar-refractivity contribution in [2.75, 3.05) is 13.7 Å². The van der Waals surface area contributed by atoms with Crippen molar-refractivity contribution in [3.8, 4) is 0 Å². The van der Waals surface area contributed by atoms with Gasteiger partial charge in [-0.25, -0.2) is 0 Å². The molecule has 0 spiro atoms. The summed E-state index contributed by atoms with van der Waals surface area (Å²) in [6, 6.07) is 0. The Kier molecular flexibility index (Phi) is 7.53. The van der Waals surface area contributed by atoms with Crippen molar-refractivity contribution in [3.63, 3.8) is 0 Å². The highest BCUT2D eigenvalue weighted by Gasteiger charge is 2.59. The van der Waals surface area contributed by atoms with Crippen LogP contribution in [0, 0.1) is 5.41 Å². The van der Waals surface area contributed by atoms with Crippen LogP contribution in [-0.4, -0.2) is 98.5 Å². The molecule has 1 saturated carbocycles. The Hall–Kier alpha value is -0.620. The molecular formula is C20H36O9. The second-order valence-electron chi connectivity index (χ2n) is 9.04. The van der Waals surface area contributed by atoms with E-state index in [0.717, 1.165) is 0 Å². The van der Waals surface area contributed by atoms with Gasteiger partial charge in [-0.2, -0.15) is 0 Å². The first kappa shape index (κ1) is 24.6. The van der Waals surface area contributed by atoms with Gasteiger partial charge in [0.05, 0.1) is 18.8 Å². The van der Waals surface area contributed by atoms with Crippen LogP contribution in [0.2, 0.25) is 0 Å². The van der Waals surface area contributed by atoms with Crippen molar-refractivity contribution in [2.24, 2.45) is 5.41 Å². The second-order valence-corrected chi connectivity index (χ2v) is 9.04. The summed E-state index contributed by atoms with van der Waals surface area (Å²) in [5, 5.41) is 60.9. The van der Waals surface area contributed by atoms with E-state index in [1.807, 2.05) is 13.8 Å². The number of ether oxygens (including phenoxy) is 3. The van der Waals surface area contributed by atoms with Crippen molar-refractivity contribution in [1.82, 2.24) is 0 Å². The average molecular weight is 420 g/mol. The predicted octanol–water partition coefficient (Wildman–Crippen LogP) is -0.935. The molecular weight excluding hydrogens is 384 g/mol. The minimum Gasteiger partial charge on any atom is -0.394 e. The predicted molar refractivity (Wildman–Crippen MR) is 103 cm³/mol. The van der Waals surface area contributed by atoms with Gasteiger partial charge >= 0.3 is 0 Å². The third-order valence-electron chi connectivity index (χ3n) is 6.47. The Morgan fingerprint density at radius 2 is 1.69 bits per heavy atom. The molecule has 0 aromatic heterocycles. The van der Waals surface area contributed by atoms with E-state index in [-0.39, 0.29) is 6.42 Å². The molecule has 0 radical (unpaired) electrons. The summed E-state index contributed by atoms with van der Waals surface area (Å²) in [6.45, 7) is 6.55. The molecule has 2 fully saturated rings. The Morgan fingerprint density at radius 3 is 2.24 bits per heavy atom. The third kappa shape index (κ3) is 4.53. The maximum absolute atomic E-state index is 11.5. The molecule has 0 aromatic rings. The van der Waals surface area contributed by atoms with E-state index in [2.05, 4.69) is 0 Å². The van der Waals surface area contributed by atoms with Crippen LogP contribution in [0.3, 0.4) is 0 Å². The summed E-state index contributed by atoms with van der Waals surface area (Å²) in [6.07, 6.45) is -4.25. The smallest absolute Gasteiger partial charge is 0.187 e. The zero-order chi connectivity index (χ0) is 22.2. The molecule has 0 amide bonds. The van der Waals surface area contributed by atoms with E-state index in [1.54, 1.807) is 26.0 Å². The zero-order valence-corrected chi connectivity index (χ0v) is 17.7. The topological polar surface area (TPSA) is 149 Å². The average Bonchev–Trinajstić information content (AvgIpc) is 2.64. The van der Waals surface area contributed by atoms with E-state index in [9.17, 15) is 30.6 Å². The standard InChI is InChI=1S/C20H36O9/c1-11(28-17-16(25)15(24)14(23)13(10-21)29-17)6-7-20(26)18(2,3)8-12(22)9-19(20,4)27-5/h6-7,11-17,21-26H,8-10H2,1-5H3. The van der Waals surface area contributed by atoms with Crippen LogP contribution in [0.1, 0.15) is 40.5 Å². The lowest BCUT2D eigenvalue weighted by atomic mass is 9.57. The van der Waals surface area contributed by atoms with Gasteiger partial charge in [-0.05, 0) is 20.3 Å². The lowest BCUT2D eigenvalue weighted by Gasteiger charge is -2.56. The largest absolute Gasteiger partial charge is 0.394 e. The lowest BCUT2D eigenvalue weighted by molar-refractivity contribution is -0.306. The Balaban J connectivity index is 2.17. The number of methoxy groups -OCH3 is 1. The van der Waals surface area contributed by atoms with Gasteiger partial charge in [-0.15, -0.1) is 0 Å². The molecule has 2 aliphatic rings. The molecule has 1 heterocycles. The molecule has 9 heteroatoms. The van der Waals surface area contributed by atoms with Crippen LogP contribution >= 0.6 is 0 Å². The highest BCUT2D eigenvalue weighted by atomic mass is 16.7. The third-order valence-corrected chi connectivity index (χ3v) is 6.47. The van der Waals surface area contributed by atoms with Crippen LogP contribution < -0.4 is 0 Å². The van der Waals surface area contributed by atoms with Crippen LogP contribution in [-0.2, 0) is 14.2 Å². The molecule has 1 aliphatic heterocycles. The summed E-state index contributed by atoms with van der Waals surface area (Å²) >= 11 is 0. The highest BCUT2D eigenvalue weighted by molar-refractivity contribution is 5.22. The molecule has 0 aromatic carbocycles. The van der Waals surface area contributed by atoms with E-state index in [0.29, 0.717) is 6.42 Å². The van der Waals surface area contributed by atoms with Crippen molar-refractivity contribution < 1.29 is 44.8 Å². The van der Waals surface area contributed by atoms with Gasteiger partial charge in [-0.3, -0.25) is 0 Å². The molecule has 0 bridgehead atoms. The first-order chi connectivity index (χ1) is 13.3. The summed E-state index contributed by atoms with van der Waals surface area (Å²) in [5.41, 5.74) is -3.15. The van der Waals surface area contributed by atoms with Crippen LogP contribution in [0.4, 0.5) is 0 Å². The normalized spacial score (nSPS) is 46.7. The maximum Gasteiger partial charge on any atom is 0.187 e. The number of hydrogen-bond acceptors (Lipinski definition) is 9. The fourth-order valence-corrected chi connectivity index (χ4v) is 4.49. The van der Waals surface area contributed by atoms with Gasteiger partial charge in [0, 0.05) is 18.9 Å². The monoisotopic (exact) mass is 420 g/mol. The molecule has 2 rings (SSSR count). The van der Waals surface area contributed by atoms with E-state index in [4.69, 9.17) is 14.2 Å². The van der Waals surface area contributed by atoms with Gasteiger partial charge in [-0.1, -0.05) is 26.0 Å². The second kappa shape index (κ2) is 8.86. The fourth-order valence-electron chi connectivity index (χ4n) is 4.49. The molecule has 29 heavy (non-hydrogen) atoms. The van der Waals surface area contributed by atoms with Crippen molar-refractivity contribution in [2.45, 2.75) is 94.7 Å². The zero-order valence-electron chi connectivity index (χ0n) is 17.7. The van der Waals surface area contributed by atoms with Crippen molar-refractivity contribution in [1.29, 1.82) is 0 Å². The van der Waals surface area contributed by atoms with Gasteiger partial charge in [0.15, 0.2) is 6.29 Å². The quantitative estimate of drug-likeness (QED) is 0.300. The molecule has 9 nitrogen and oxygen atoms in total.